The van der Waals surface area contributed by atoms with Gasteiger partial charge in [-0.1, -0.05) is 12.1 Å². The zero-order chi connectivity index (χ0) is 17.2. The van der Waals surface area contributed by atoms with E-state index in [9.17, 15) is 18.0 Å². The lowest BCUT2D eigenvalue weighted by molar-refractivity contribution is -0.137. The third-order valence-corrected chi connectivity index (χ3v) is 3.97. The number of hydrogen-bond donors (Lipinski definition) is 2. The Hall–Kier alpha value is -2.50. The number of alkyl halides is 3. The van der Waals surface area contributed by atoms with Gasteiger partial charge in [-0.25, -0.2) is 0 Å². The molecule has 0 aromatic heterocycles. The van der Waals surface area contributed by atoms with Gasteiger partial charge >= 0.3 is 6.18 Å². The van der Waals surface area contributed by atoms with Crippen molar-refractivity contribution in [1.29, 1.82) is 0 Å². The van der Waals surface area contributed by atoms with Gasteiger partial charge in [-0.05, 0) is 54.3 Å². The van der Waals surface area contributed by atoms with E-state index in [2.05, 4.69) is 10.6 Å². The Balaban J connectivity index is 1.63. The quantitative estimate of drug-likeness (QED) is 0.881. The predicted molar refractivity (Wildman–Crippen MR) is 87.0 cm³/mol. The molecule has 0 unspecified atom stereocenters. The van der Waals surface area contributed by atoms with E-state index in [1.165, 1.54) is 12.1 Å². The fourth-order valence-electron chi connectivity index (χ4n) is 2.75. The summed E-state index contributed by atoms with van der Waals surface area (Å²) in [6, 6.07) is 10.3. The molecule has 2 aromatic rings. The van der Waals surface area contributed by atoms with Gasteiger partial charge in [0.1, 0.15) is 0 Å². The molecule has 0 fully saturated rings. The maximum atomic E-state index is 12.5. The molecule has 3 rings (SSSR count). The molecule has 6 heteroatoms. The maximum absolute atomic E-state index is 12.5. The number of anilines is 2. The second-order valence-electron chi connectivity index (χ2n) is 5.82. The number of hydrogen-bond acceptors (Lipinski definition) is 2. The van der Waals surface area contributed by atoms with Gasteiger partial charge in [0, 0.05) is 17.9 Å². The second-order valence-corrected chi connectivity index (χ2v) is 5.82. The first-order chi connectivity index (χ1) is 11.4. The molecule has 1 aliphatic heterocycles. The van der Waals surface area contributed by atoms with Crippen LogP contribution in [0.15, 0.2) is 42.5 Å². The largest absolute Gasteiger partial charge is 0.416 e. The van der Waals surface area contributed by atoms with E-state index in [0.717, 1.165) is 42.8 Å². The van der Waals surface area contributed by atoms with E-state index >= 15 is 0 Å². The Kier molecular flexibility index (Phi) is 4.46. The van der Waals surface area contributed by atoms with E-state index in [-0.39, 0.29) is 12.3 Å². The molecule has 1 heterocycles. The highest BCUT2D eigenvalue weighted by Gasteiger charge is 2.29. The van der Waals surface area contributed by atoms with Gasteiger partial charge in [0.05, 0.1) is 12.0 Å². The van der Waals surface area contributed by atoms with Crippen LogP contribution in [0.2, 0.25) is 0 Å². The number of carbonyl (C=O) groups is 1. The monoisotopic (exact) mass is 334 g/mol. The summed E-state index contributed by atoms with van der Waals surface area (Å²) in [5.41, 5.74) is 2.78. The van der Waals surface area contributed by atoms with Crippen molar-refractivity contribution in [1.82, 2.24) is 0 Å². The highest BCUT2D eigenvalue weighted by molar-refractivity contribution is 5.92. The average molecular weight is 334 g/mol. The average Bonchev–Trinajstić information content (AvgIpc) is 2.54. The Bertz CT molecular complexity index is 739. The molecule has 0 saturated heterocycles. The van der Waals surface area contributed by atoms with E-state index < -0.39 is 11.7 Å². The van der Waals surface area contributed by atoms with Crippen LogP contribution in [0.5, 0.6) is 0 Å². The fraction of sp³-hybridized carbons (Fsp3) is 0.278. The summed E-state index contributed by atoms with van der Waals surface area (Å²) in [6.45, 7) is 0.951. The van der Waals surface area contributed by atoms with Crippen molar-refractivity contribution in [2.24, 2.45) is 0 Å². The molecule has 1 aliphatic rings. The molecule has 3 nitrogen and oxygen atoms in total. The molecule has 0 spiro atoms. The molecule has 1 amide bonds. The van der Waals surface area contributed by atoms with Crippen molar-refractivity contribution in [3.8, 4) is 0 Å². The van der Waals surface area contributed by atoms with E-state index in [1.807, 2.05) is 18.2 Å². The van der Waals surface area contributed by atoms with E-state index in [0.29, 0.717) is 11.3 Å². The number of aryl methyl sites for hydroxylation is 1. The Morgan fingerprint density at radius 1 is 1.12 bits per heavy atom. The predicted octanol–water partition coefficient (Wildman–Crippen LogP) is 4.24. The zero-order valence-electron chi connectivity index (χ0n) is 12.9. The van der Waals surface area contributed by atoms with Crippen LogP contribution >= 0.6 is 0 Å². The third-order valence-electron chi connectivity index (χ3n) is 3.97. The zero-order valence-corrected chi connectivity index (χ0v) is 12.9. The van der Waals surface area contributed by atoms with E-state index in [1.54, 1.807) is 0 Å². The van der Waals surface area contributed by atoms with Crippen LogP contribution < -0.4 is 10.6 Å². The maximum Gasteiger partial charge on any atom is 0.416 e. The molecule has 0 bridgehead atoms. The number of rotatable bonds is 3. The van der Waals surface area contributed by atoms with Crippen LogP contribution in [-0.2, 0) is 23.8 Å². The number of carbonyl (C=O) groups excluding carboxylic acids is 1. The lowest BCUT2D eigenvalue weighted by Gasteiger charge is -2.18. The number of fused-ring (bicyclic) bond motifs is 1. The van der Waals surface area contributed by atoms with Crippen molar-refractivity contribution < 1.29 is 18.0 Å². The molecule has 0 saturated carbocycles. The highest BCUT2D eigenvalue weighted by Crippen LogP contribution is 2.29. The minimum atomic E-state index is -4.36. The standard InChI is InChI=1S/C18H17F3N2O/c19-18(20,21)14-5-3-12(4-6-14)10-17(24)23-15-7-8-16-13(11-15)2-1-9-22-16/h3-8,11,22H,1-2,9-10H2,(H,23,24). The van der Waals surface area contributed by atoms with Gasteiger partial charge in [-0.2, -0.15) is 13.2 Å². The number of amides is 1. The Morgan fingerprint density at radius 3 is 2.58 bits per heavy atom. The first-order valence-electron chi connectivity index (χ1n) is 7.74. The van der Waals surface area contributed by atoms with Crippen LogP contribution in [0, 0.1) is 0 Å². The fourth-order valence-corrected chi connectivity index (χ4v) is 2.75. The number of benzene rings is 2. The lowest BCUT2D eigenvalue weighted by atomic mass is 10.0. The van der Waals surface area contributed by atoms with Crippen LogP contribution in [0.1, 0.15) is 23.1 Å². The Labute approximate surface area is 137 Å². The van der Waals surface area contributed by atoms with Crippen LogP contribution in [0.25, 0.3) is 0 Å². The summed E-state index contributed by atoms with van der Waals surface area (Å²) in [5, 5.41) is 6.09. The molecule has 0 aliphatic carbocycles. The van der Waals surface area contributed by atoms with Gasteiger partial charge in [0.2, 0.25) is 5.91 Å². The second kappa shape index (κ2) is 6.55. The van der Waals surface area contributed by atoms with Gasteiger partial charge in [0.25, 0.3) is 0 Å². The van der Waals surface area contributed by atoms with Crippen molar-refractivity contribution in [2.75, 3.05) is 17.2 Å². The number of halogens is 3. The van der Waals surface area contributed by atoms with Crippen LogP contribution in [0.3, 0.4) is 0 Å². The van der Waals surface area contributed by atoms with Crippen LogP contribution in [-0.4, -0.2) is 12.5 Å². The summed E-state index contributed by atoms with van der Waals surface area (Å²) in [6.07, 6.45) is -2.31. The summed E-state index contributed by atoms with van der Waals surface area (Å²) in [7, 11) is 0. The third kappa shape index (κ3) is 3.88. The SMILES string of the molecule is O=C(Cc1ccc(C(F)(F)F)cc1)Nc1ccc2c(c1)CCCN2. The molecule has 2 N–H and O–H groups in total. The first kappa shape index (κ1) is 16.4. The summed E-state index contributed by atoms with van der Waals surface area (Å²) in [5.74, 6) is -0.251. The molecule has 0 radical (unpaired) electrons. The van der Waals surface area contributed by atoms with Crippen molar-refractivity contribution in [3.05, 3.63) is 59.2 Å². The van der Waals surface area contributed by atoms with Gasteiger partial charge in [0.15, 0.2) is 0 Å². The Morgan fingerprint density at radius 2 is 1.88 bits per heavy atom. The summed E-state index contributed by atoms with van der Waals surface area (Å²) >= 11 is 0. The smallest absolute Gasteiger partial charge is 0.385 e. The molecule has 126 valence electrons. The molecule has 2 aromatic carbocycles. The minimum absolute atomic E-state index is 0.0352. The summed E-state index contributed by atoms with van der Waals surface area (Å²) < 4.78 is 37.6. The highest BCUT2D eigenvalue weighted by atomic mass is 19.4. The number of nitrogens with one attached hydrogen (secondary N) is 2. The lowest BCUT2D eigenvalue weighted by Crippen LogP contribution is -2.16. The van der Waals surface area contributed by atoms with Crippen molar-refractivity contribution >= 4 is 17.3 Å². The van der Waals surface area contributed by atoms with Crippen LogP contribution in [0.4, 0.5) is 24.5 Å². The van der Waals surface area contributed by atoms with Gasteiger partial charge < -0.3 is 10.6 Å². The molecular weight excluding hydrogens is 317 g/mol. The molecule has 0 atom stereocenters. The van der Waals surface area contributed by atoms with Gasteiger partial charge in [-0.3, -0.25) is 4.79 Å². The normalized spacial score (nSPS) is 13.8. The van der Waals surface area contributed by atoms with E-state index in [4.69, 9.17) is 0 Å². The molecular formula is C18H17F3N2O. The molecule has 24 heavy (non-hydrogen) atoms. The summed E-state index contributed by atoms with van der Waals surface area (Å²) in [4.78, 5) is 12.1. The van der Waals surface area contributed by atoms with Gasteiger partial charge in [-0.15, -0.1) is 0 Å². The first-order valence-corrected chi connectivity index (χ1v) is 7.74. The minimum Gasteiger partial charge on any atom is -0.385 e. The topological polar surface area (TPSA) is 41.1 Å². The van der Waals surface area contributed by atoms with Crippen molar-refractivity contribution in [2.45, 2.75) is 25.4 Å². The van der Waals surface area contributed by atoms with Crippen molar-refractivity contribution in [3.63, 3.8) is 0 Å².